The molecule has 0 amide bonds. The summed E-state index contributed by atoms with van der Waals surface area (Å²) in [5, 5.41) is 0. The normalized spacial score (nSPS) is 9.00. The summed E-state index contributed by atoms with van der Waals surface area (Å²) in [5.74, 6) is 0. The van der Waals surface area contributed by atoms with Crippen LogP contribution in [-0.4, -0.2) is 0 Å². The molecule has 0 fully saturated rings. The summed E-state index contributed by atoms with van der Waals surface area (Å²) in [6.07, 6.45) is 0. The van der Waals surface area contributed by atoms with Crippen molar-refractivity contribution >= 4 is 0 Å². The average Bonchev–Trinajstić information content (AvgIpc) is 2.75. The van der Waals surface area contributed by atoms with Crippen molar-refractivity contribution in [2.45, 2.75) is 34.6 Å². The van der Waals surface area contributed by atoms with Gasteiger partial charge in [0.15, 0.2) is 0 Å². The summed E-state index contributed by atoms with van der Waals surface area (Å²) < 4.78 is 0. The Hall–Kier alpha value is -1.59. The van der Waals surface area contributed by atoms with Gasteiger partial charge in [-0.25, -0.2) is 0 Å². The Balaban J connectivity index is 0.000000347. The van der Waals surface area contributed by atoms with Crippen LogP contribution in [-0.2, 0) is 26.2 Å². The summed E-state index contributed by atoms with van der Waals surface area (Å²) >= 11 is 0. The minimum atomic E-state index is 0. The van der Waals surface area contributed by atoms with E-state index in [1.165, 1.54) is 27.8 Å². The molecule has 1 radical (unpaired) electrons. The van der Waals surface area contributed by atoms with E-state index in [9.17, 15) is 0 Å². The molecule has 0 aliphatic rings. The van der Waals surface area contributed by atoms with Crippen LogP contribution >= 0.6 is 0 Å². The molecule has 3 aromatic rings. The summed E-state index contributed by atoms with van der Waals surface area (Å²) in [7, 11) is 0. The molecule has 0 spiro atoms. The average molecular weight is 409 g/mol. The maximum atomic E-state index is 3.72. The minimum Gasteiger partial charge on any atom is -0.199 e. The summed E-state index contributed by atoms with van der Waals surface area (Å²) in [6.45, 7) is 18.4. The molecular formula is C24H29Zr. The minimum absolute atomic E-state index is 0. The Bertz CT molecular complexity index is 604. The van der Waals surface area contributed by atoms with E-state index in [1.807, 2.05) is 60.7 Å². The van der Waals surface area contributed by atoms with Crippen LogP contribution in [0.5, 0.6) is 0 Å². The van der Waals surface area contributed by atoms with Crippen LogP contribution in [0.25, 0.3) is 0 Å². The van der Waals surface area contributed by atoms with Crippen LogP contribution in [0.1, 0.15) is 38.9 Å². The van der Waals surface area contributed by atoms with Crippen LogP contribution < -0.4 is 0 Å². The second kappa shape index (κ2) is 11.9. The number of benzene rings is 2. The third kappa shape index (κ3) is 7.89. The van der Waals surface area contributed by atoms with Crippen molar-refractivity contribution < 1.29 is 26.2 Å². The van der Waals surface area contributed by atoms with E-state index in [2.05, 4.69) is 48.5 Å². The molecule has 0 aliphatic carbocycles. The molecule has 0 nitrogen and oxygen atoms in total. The zero-order chi connectivity index (χ0) is 18.1. The maximum absolute atomic E-state index is 3.72. The molecule has 3 rings (SSSR count). The zero-order valence-electron chi connectivity index (χ0n) is 16.2. The van der Waals surface area contributed by atoms with Gasteiger partial charge in [-0.15, -0.1) is 24.3 Å². The Morgan fingerprint density at radius 2 is 0.880 bits per heavy atom. The van der Waals surface area contributed by atoms with Crippen LogP contribution in [0.4, 0.5) is 0 Å². The van der Waals surface area contributed by atoms with Gasteiger partial charge < -0.3 is 0 Å². The molecule has 0 heterocycles. The Labute approximate surface area is 173 Å². The third-order valence-electron chi connectivity index (χ3n) is 4.50. The van der Waals surface area contributed by atoms with Crippen molar-refractivity contribution in [3.05, 3.63) is 113 Å². The van der Waals surface area contributed by atoms with E-state index in [4.69, 9.17) is 0 Å². The van der Waals surface area contributed by atoms with E-state index in [0.29, 0.717) is 0 Å². The van der Waals surface area contributed by atoms with Gasteiger partial charge in [-0.2, -0.15) is 77.1 Å². The third-order valence-corrected chi connectivity index (χ3v) is 4.50. The van der Waals surface area contributed by atoms with E-state index < -0.39 is 0 Å². The first kappa shape index (κ1) is 23.4. The van der Waals surface area contributed by atoms with Gasteiger partial charge in [0.25, 0.3) is 0 Å². The van der Waals surface area contributed by atoms with Crippen LogP contribution in [0, 0.1) is 48.5 Å². The fourth-order valence-corrected chi connectivity index (χ4v) is 2.36. The fourth-order valence-electron chi connectivity index (χ4n) is 2.36. The Morgan fingerprint density at radius 3 is 1.00 bits per heavy atom. The summed E-state index contributed by atoms with van der Waals surface area (Å²) in [6, 6.07) is 19.7. The molecule has 0 aliphatic heterocycles. The van der Waals surface area contributed by atoms with Crippen LogP contribution in [0.2, 0.25) is 0 Å². The maximum Gasteiger partial charge on any atom is 3.00 e. The smallest absolute Gasteiger partial charge is 0.199 e. The molecule has 0 atom stereocenters. The Kier molecular flexibility index (Phi) is 11.1. The van der Waals surface area contributed by atoms with Gasteiger partial charge >= 0.3 is 26.2 Å². The van der Waals surface area contributed by atoms with Crippen molar-refractivity contribution in [2.75, 3.05) is 0 Å². The largest absolute Gasteiger partial charge is 3.00 e. The molecule has 129 valence electrons. The van der Waals surface area contributed by atoms with Gasteiger partial charge in [-0.1, -0.05) is 46.8 Å². The van der Waals surface area contributed by atoms with Gasteiger partial charge in [0.2, 0.25) is 0 Å². The molecular weight excluding hydrogens is 379 g/mol. The quantitative estimate of drug-likeness (QED) is 0.364. The summed E-state index contributed by atoms with van der Waals surface area (Å²) in [5.41, 5.74) is 9.48. The SMILES string of the molecule is Cc1c(C)c(C)[c-](C)c1C.[CH2-]c1ccccc1.[CH2-]c1ccccc1.[Zr+3]. The fraction of sp³-hybridized carbons (Fsp3) is 0.208. The van der Waals surface area contributed by atoms with E-state index in [-0.39, 0.29) is 26.2 Å². The number of hydrogen-bond donors (Lipinski definition) is 0. The Morgan fingerprint density at radius 1 is 0.600 bits per heavy atom. The van der Waals surface area contributed by atoms with Crippen molar-refractivity contribution in [1.82, 2.24) is 0 Å². The van der Waals surface area contributed by atoms with Gasteiger partial charge in [0, 0.05) is 0 Å². The first-order valence-electron chi connectivity index (χ1n) is 8.28. The molecule has 0 saturated carbocycles. The van der Waals surface area contributed by atoms with Gasteiger partial charge in [-0.05, 0) is 0 Å². The number of rotatable bonds is 0. The van der Waals surface area contributed by atoms with Gasteiger partial charge in [-0.3, -0.25) is 0 Å². The van der Waals surface area contributed by atoms with E-state index >= 15 is 0 Å². The molecule has 0 bridgehead atoms. The van der Waals surface area contributed by atoms with Crippen molar-refractivity contribution in [2.24, 2.45) is 0 Å². The molecule has 1 heteroatoms. The number of hydrogen-bond acceptors (Lipinski definition) is 0. The molecule has 25 heavy (non-hydrogen) atoms. The summed E-state index contributed by atoms with van der Waals surface area (Å²) in [4.78, 5) is 0. The first-order valence-corrected chi connectivity index (χ1v) is 8.28. The van der Waals surface area contributed by atoms with Gasteiger partial charge in [0.1, 0.15) is 0 Å². The molecule has 3 aromatic carbocycles. The van der Waals surface area contributed by atoms with Crippen LogP contribution in [0.15, 0.2) is 60.7 Å². The predicted octanol–water partition coefficient (Wildman–Crippen LogP) is 6.68. The van der Waals surface area contributed by atoms with Crippen LogP contribution in [0.3, 0.4) is 0 Å². The second-order valence-electron chi connectivity index (χ2n) is 6.10. The standard InChI is InChI=1S/C10H15.2C7H7.Zr/c1-6-7(2)9(4)10(5)8(6)3;2*1-7-5-3-2-4-6-7;/h1-5H3;2*2-6H,1H2;/q3*-1;+3. The molecule has 0 aromatic heterocycles. The molecule has 0 N–H and O–H groups in total. The second-order valence-corrected chi connectivity index (χ2v) is 6.10. The topological polar surface area (TPSA) is 0 Å². The van der Waals surface area contributed by atoms with E-state index in [0.717, 1.165) is 11.1 Å². The van der Waals surface area contributed by atoms with Crippen molar-refractivity contribution in [1.29, 1.82) is 0 Å². The molecule has 0 unspecified atom stereocenters. The van der Waals surface area contributed by atoms with Crippen molar-refractivity contribution in [3.63, 3.8) is 0 Å². The monoisotopic (exact) mass is 407 g/mol. The predicted molar refractivity (Wildman–Crippen MR) is 108 cm³/mol. The van der Waals surface area contributed by atoms with Gasteiger partial charge in [0.05, 0.1) is 0 Å². The van der Waals surface area contributed by atoms with Crippen molar-refractivity contribution in [3.8, 4) is 0 Å². The zero-order valence-corrected chi connectivity index (χ0v) is 18.6. The first-order chi connectivity index (χ1) is 11.3. The molecule has 0 saturated heterocycles. The van der Waals surface area contributed by atoms with E-state index in [1.54, 1.807) is 0 Å².